The van der Waals surface area contributed by atoms with Gasteiger partial charge in [-0.15, -0.1) is 0 Å². The van der Waals surface area contributed by atoms with Gasteiger partial charge in [-0.1, -0.05) is 25.0 Å². The van der Waals surface area contributed by atoms with Gasteiger partial charge in [-0.05, 0) is 50.7 Å². The molecule has 0 bridgehead atoms. The summed E-state index contributed by atoms with van der Waals surface area (Å²) < 4.78 is 20.0. The van der Waals surface area contributed by atoms with E-state index in [1.807, 2.05) is 13.0 Å². The number of halogens is 1. The Bertz CT molecular complexity index is 398. The molecule has 1 aliphatic rings. The summed E-state index contributed by atoms with van der Waals surface area (Å²) in [6.07, 6.45) is 7.78. The fourth-order valence-corrected chi connectivity index (χ4v) is 2.72. The molecule has 0 spiro atoms. The highest BCUT2D eigenvalue weighted by atomic mass is 19.1. The molecule has 0 saturated heterocycles. The summed E-state index contributed by atoms with van der Waals surface area (Å²) >= 11 is 0. The minimum Gasteiger partial charge on any atom is -0.487 e. The van der Waals surface area contributed by atoms with Crippen molar-refractivity contribution in [1.82, 2.24) is 0 Å². The minimum atomic E-state index is -0.262. The molecule has 0 heterocycles. The molecule has 0 radical (unpaired) electrons. The van der Waals surface area contributed by atoms with Gasteiger partial charge in [0.15, 0.2) is 11.6 Å². The molecule has 1 fully saturated rings. The van der Waals surface area contributed by atoms with Crippen molar-refractivity contribution in [3.05, 3.63) is 29.6 Å². The zero-order valence-electron chi connectivity index (χ0n) is 11.7. The maximum absolute atomic E-state index is 14.0. The summed E-state index contributed by atoms with van der Waals surface area (Å²) in [4.78, 5) is 0. The Kier molecular flexibility index (Phi) is 5.20. The lowest BCUT2D eigenvalue weighted by Crippen LogP contribution is -2.21. The van der Waals surface area contributed by atoms with E-state index < -0.39 is 0 Å². The molecule has 1 aliphatic carbocycles. The Morgan fingerprint density at radius 1 is 1.26 bits per heavy atom. The topological polar surface area (TPSA) is 35.2 Å². The number of para-hydroxylation sites is 1. The Hall–Kier alpha value is -1.09. The van der Waals surface area contributed by atoms with E-state index in [9.17, 15) is 4.39 Å². The third kappa shape index (κ3) is 4.20. The maximum Gasteiger partial charge on any atom is 0.165 e. The van der Waals surface area contributed by atoms with Crippen LogP contribution in [0.4, 0.5) is 4.39 Å². The summed E-state index contributed by atoms with van der Waals surface area (Å²) in [5, 5.41) is 0. The molecule has 2 rings (SSSR count). The van der Waals surface area contributed by atoms with Crippen LogP contribution in [0.5, 0.6) is 5.75 Å². The van der Waals surface area contributed by atoms with Crippen LogP contribution < -0.4 is 10.5 Å². The van der Waals surface area contributed by atoms with Crippen LogP contribution in [0.25, 0.3) is 0 Å². The van der Waals surface area contributed by atoms with Gasteiger partial charge in [0.05, 0.1) is 6.10 Å². The predicted molar refractivity (Wildman–Crippen MR) is 75.9 cm³/mol. The van der Waals surface area contributed by atoms with Crippen molar-refractivity contribution in [1.29, 1.82) is 0 Å². The molecule has 19 heavy (non-hydrogen) atoms. The van der Waals surface area contributed by atoms with E-state index in [1.165, 1.54) is 31.7 Å². The van der Waals surface area contributed by atoms with Gasteiger partial charge in [0.1, 0.15) is 0 Å². The van der Waals surface area contributed by atoms with Gasteiger partial charge in [0, 0.05) is 6.04 Å². The first kappa shape index (κ1) is 14.3. The number of hydrogen-bond donors (Lipinski definition) is 1. The molecule has 2 nitrogen and oxygen atoms in total. The second-order valence-electron chi connectivity index (χ2n) is 5.64. The first-order valence-electron chi connectivity index (χ1n) is 7.36. The van der Waals surface area contributed by atoms with Crippen LogP contribution in [0.3, 0.4) is 0 Å². The Labute approximate surface area is 115 Å². The molecule has 0 aliphatic heterocycles. The summed E-state index contributed by atoms with van der Waals surface area (Å²) in [7, 11) is 0. The molecular weight excluding hydrogens is 241 g/mol. The van der Waals surface area contributed by atoms with Gasteiger partial charge < -0.3 is 10.5 Å². The second kappa shape index (κ2) is 6.90. The van der Waals surface area contributed by atoms with E-state index in [1.54, 1.807) is 6.07 Å². The first-order chi connectivity index (χ1) is 9.16. The lowest BCUT2D eigenvalue weighted by atomic mass is 10.1. The van der Waals surface area contributed by atoms with Crippen LogP contribution in [0.15, 0.2) is 18.2 Å². The van der Waals surface area contributed by atoms with Gasteiger partial charge in [0.25, 0.3) is 0 Å². The average Bonchev–Trinajstić information content (AvgIpc) is 2.61. The van der Waals surface area contributed by atoms with Crippen LogP contribution in [-0.2, 0) is 6.42 Å². The quantitative estimate of drug-likeness (QED) is 0.840. The molecule has 1 atom stereocenters. The van der Waals surface area contributed by atoms with Crippen molar-refractivity contribution >= 4 is 0 Å². The Balaban J connectivity index is 2.12. The van der Waals surface area contributed by atoms with E-state index in [0.29, 0.717) is 12.2 Å². The normalized spacial score (nSPS) is 18.9. The molecule has 1 aromatic carbocycles. The van der Waals surface area contributed by atoms with E-state index in [4.69, 9.17) is 10.5 Å². The van der Waals surface area contributed by atoms with E-state index in [0.717, 1.165) is 18.4 Å². The molecular formula is C16H24FNO. The van der Waals surface area contributed by atoms with Gasteiger partial charge in [-0.25, -0.2) is 4.39 Å². The molecule has 1 saturated carbocycles. The van der Waals surface area contributed by atoms with Crippen molar-refractivity contribution in [3.63, 3.8) is 0 Å². The van der Waals surface area contributed by atoms with E-state index in [-0.39, 0.29) is 18.0 Å². The number of benzene rings is 1. The molecule has 106 valence electrons. The third-order valence-corrected chi connectivity index (χ3v) is 3.68. The monoisotopic (exact) mass is 265 g/mol. The van der Waals surface area contributed by atoms with E-state index >= 15 is 0 Å². The molecule has 3 heteroatoms. The van der Waals surface area contributed by atoms with Crippen LogP contribution in [0.1, 0.15) is 51.0 Å². The highest BCUT2D eigenvalue weighted by molar-refractivity contribution is 5.35. The van der Waals surface area contributed by atoms with Crippen molar-refractivity contribution in [2.75, 3.05) is 0 Å². The summed E-state index contributed by atoms with van der Waals surface area (Å²) in [5.41, 5.74) is 6.71. The van der Waals surface area contributed by atoms with Gasteiger partial charge in [-0.3, -0.25) is 0 Å². The third-order valence-electron chi connectivity index (χ3n) is 3.68. The number of hydrogen-bond acceptors (Lipinski definition) is 2. The molecule has 2 N–H and O–H groups in total. The highest BCUT2D eigenvalue weighted by Crippen LogP contribution is 2.28. The zero-order chi connectivity index (χ0) is 13.7. The highest BCUT2D eigenvalue weighted by Gasteiger charge is 2.18. The fraction of sp³-hybridized carbons (Fsp3) is 0.625. The SMILES string of the molecule is CC(N)Cc1cccc(F)c1OC1CCCCCC1. The summed E-state index contributed by atoms with van der Waals surface area (Å²) in [5.74, 6) is 0.161. The zero-order valence-corrected chi connectivity index (χ0v) is 11.7. The number of rotatable bonds is 4. The molecule has 0 amide bonds. The summed E-state index contributed by atoms with van der Waals surface area (Å²) in [6.45, 7) is 1.93. The maximum atomic E-state index is 14.0. The standard InChI is InChI=1S/C16H24FNO/c1-12(18)11-13-7-6-10-15(17)16(13)19-14-8-4-2-3-5-9-14/h6-7,10,12,14H,2-5,8-9,11,18H2,1H3. The summed E-state index contributed by atoms with van der Waals surface area (Å²) in [6, 6.07) is 5.13. The number of nitrogens with two attached hydrogens (primary N) is 1. The lowest BCUT2D eigenvalue weighted by molar-refractivity contribution is 0.174. The van der Waals surface area contributed by atoms with Crippen molar-refractivity contribution in [2.45, 2.75) is 64.0 Å². The lowest BCUT2D eigenvalue weighted by Gasteiger charge is -2.20. The average molecular weight is 265 g/mol. The predicted octanol–water partition coefficient (Wildman–Crippen LogP) is 3.82. The van der Waals surface area contributed by atoms with E-state index in [2.05, 4.69) is 0 Å². The Morgan fingerprint density at radius 3 is 2.58 bits per heavy atom. The number of ether oxygens (including phenoxy) is 1. The van der Waals surface area contributed by atoms with Crippen molar-refractivity contribution < 1.29 is 9.13 Å². The van der Waals surface area contributed by atoms with Crippen molar-refractivity contribution in [2.24, 2.45) is 5.73 Å². The van der Waals surface area contributed by atoms with Gasteiger partial charge in [0.2, 0.25) is 0 Å². The van der Waals surface area contributed by atoms with Crippen LogP contribution >= 0.6 is 0 Å². The Morgan fingerprint density at radius 2 is 1.95 bits per heavy atom. The van der Waals surface area contributed by atoms with Gasteiger partial charge >= 0.3 is 0 Å². The van der Waals surface area contributed by atoms with Crippen molar-refractivity contribution in [3.8, 4) is 5.75 Å². The van der Waals surface area contributed by atoms with Crippen LogP contribution in [0, 0.1) is 5.82 Å². The molecule has 0 aromatic heterocycles. The van der Waals surface area contributed by atoms with Crippen LogP contribution in [-0.4, -0.2) is 12.1 Å². The first-order valence-corrected chi connectivity index (χ1v) is 7.36. The molecule has 1 unspecified atom stereocenters. The minimum absolute atomic E-state index is 0.0123. The fourth-order valence-electron chi connectivity index (χ4n) is 2.72. The second-order valence-corrected chi connectivity index (χ2v) is 5.64. The smallest absolute Gasteiger partial charge is 0.165 e. The van der Waals surface area contributed by atoms with Gasteiger partial charge in [-0.2, -0.15) is 0 Å². The van der Waals surface area contributed by atoms with Crippen LogP contribution in [0.2, 0.25) is 0 Å². The molecule has 1 aromatic rings. The largest absolute Gasteiger partial charge is 0.487 e.